The Labute approximate surface area is 290 Å². The predicted octanol–water partition coefficient (Wildman–Crippen LogP) is 6.66. The normalized spacial score (nSPS) is 19.9. The van der Waals surface area contributed by atoms with Crippen LogP contribution in [0.4, 0.5) is 0 Å². The van der Waals surface area contributed by atoms with E-state index in [4.69, 9.17) is 15.5 Å². The number of ether oxygens (including phenoxy) is 1. The standard InChI is InChI=1S/C41H40N6O3/c1-45-39-32(18-31(21-37(39)50-2)41(49)47-23-30-11-12-33(47)38(30)42)44-40(45)35-20-29-10-9-28(19-34(29)46(35)22-25-3-4-25)26-5-7-27(8-6-26)36(48)17-24-13-15-43-16-14-24/h5-10,13-16,18-21,25,30,33,38H,3-4,11-12,17,22-23,42H2,1-2H3/t30?,33?,38-/m1/s1. The number of benzene rings is 3. The lowest BCUT2D eigenvalue weighted by atomic mass is 9.99. The van der Waals surface area contributed by atoms with Gasteiger partial charge < -0.3 is 24.5 Å². The molecule has 3 atom stereocenters. The van der Waals surface area contributed by atoms with Crippen LogP contribution in [0.5, 0.6) is 5.75 Å². The van der Waals surface area contributed by atoms with Crippen molar-refractivity contribution in [2.24, 2.45) is 24.6 Å². The van der Waals surface area contributed by atoms with E-state index >= 15 is 0 Å². The molecule has 2 bridgehead atoms. The number of methoxy groups -OCH3 is 1. The maximum absolute atomic E-state index is 13.8. The van der Waals surface area contributed by atoms with Gasteiger partial charge in [-0.3, -0.25) is 14.6 Å². The molecule has 1 amide bonds. The van der Waals surface area contributed by atoms with Gasteiger partial charge in [0.25, 0.3) is 5.91 Å². The van der Waals surface area contributed by atoms with Crippen LogP contribution in [0.15, 0.2) is 85.2 Å². The molecule has 2 saturated carbocycles. The number of aryl methyl sites for hydroxylation is 1. The molecule has 1 saturated heterocycles. The van der Waals surface area contributed by atoms with E-state index in [0.717, 1.165) is 76.1 Å². The molecule has 9 rings (SSSR count). The van der Waals surface area contributed by atoms with Crippen LogP contribution in [0.2, 0.25) is 0 Å². The van der Waals surface area contributed by atoms with Gasteiger partial charge in [0.1, 0.15) is 11.3 Å². The summed E-state index contributed by atoms with van der Waals surface area (Å²) in [5, 5.41) is 1.14. The summed E-state index contributed by atoms with van der Waals surface area (Å²) >= 11 is 0. The average molecular weight is 665 g/mol. The minimum absolute atomic E-state index is 0.00146. The van der Waals surface area contributed by atoms with E-state index in [-0.39, 0.29) is 23.8 Å². The maximum atomic E-state index is 13.8. The summed E-state index contributed by atoms with van der Waals surface area (Å²) in [6, 6.07) is 24.4. The predicted molar refractivity (Wildman–Crippen MR) is 194 cm³/mol. The van der Waals surface area contributed by atoms with Gasteiger partial charge in [0, 0.05) is 73.1 Å². The number of fused-ring (bicyclic) bond motifs is 4. The quantitative estimate of drug-likeness (QED) is 0.173. The van der Waals surface area contributed by atoms with Crippen molar-refractivity contribution >= 4 is 33.6 Å². The Bertz CT molecular complexity index is 2290. The first-order valence-corrected chi connectivity index (χ1v) is 17.6. The Hall–Kier alpha value is -5.28. The number of ketones is 1. The molecule has 0 spiro atoms. The monoisotopic (exact) mass is 664 g/mol. The first-order valence-electron chi connectivity index (χ1n) is 17.6. The van der Waals surface area contributed by atoms with Gasteiger partial charge in [-0.2, -0.15) is 0 Å². The topological polar surface area (TPSA) is 108 Å². The van der Waals surface area contributed by atoms with Crippen LogP contribution in [0.3, 0.4) is 0 Å². The average Bonchev–Trinajstić information content (AvgIpc) is 3.55. The van der Waals surface area contributed by atoms with Crippen molar-refractivity contribution in [1.29, 1.82) is 0 Å². The second-order valence-electron chi connectivity index (χ2n) is 14.4. The Morgan fingerprint density at radius 2 is 1.68 bits per heavy atom. The molecular weight excluding hydrogens is 624 g/mol. The molecule has 50 heavy (non-hydrogen) atoms. The summed E-state index contributed by atoms with van der Waals surface area (Å²) in [4.78, 5) is 37.9. The van der Waals surface area contributed by atoms with Gasteiger partial charge in [-0.1, -0.05) is 36.4 Å². The van der Waals surface area contributed by atoms with Crippen LogP contribution in [0, 0.1) is 11.8 Å². The molecular formula is C41H40N6O3. The molecule has 9 heteroatoms. The second-order valence-corrected chi connectivity index (χ2v) is 14.4. The number of hydrogen-bond donors (Lipinski definition) is 1. The van der Waals surface area contributed by atoms with Gasteiger partial charge in [-0.15, -0.1) is 0 Å². The summed E-state index contributed by atoms with van der Waals surface area (Å²) in [5.41, 5.74) is 14.6. The molecule has 3 aromatic carbocycles. The van der Waals surface area contributed by atoms with Gasteiger partial charge >= 0.3 is 0 Å². The Morgan fingerprint density at radius 1 is 0.900 bits per heavy atom. The summed E-state index contributed by atoms with van der Waals surface area (Å²) in [6.45, 7) is 1.63. The summed E-state index contributed by atoms with van der Waals surface area (Å²) < 4.78 is 10.4. The molecule has 3 aliphatic rings. The lowest BCUT2D eigenvalue weighted by molar-refractivity contribution is 0.0700. The lowest BCUT2D eigenvalue weighted by Crippen LogP contribution is -2.41. The number of rotatable bonds is 9. The molecule has 4 heterocycles. The third-order valence-electron chi connectivity index (χ3n) is 11.2. The molecule has 3 aromatic heterocycles. The van der Waals surface area contributed by atoms with Crippen LogP contribution in [-0.2, 0) is 20.0 Å². The fourth-order valence-electron chi connectivity index (χ4n) is 8.28. The zero-order chi connectivity index (χ0) is 34.1. The molecule has 252 valence electrons. The van der Waals surface area contributed by atoms with E-state index < -0.39 is 0 Å². The molecule has 2 unspecified atom stereocenters. The molecule has 2 aliphatic carbocycles. The fourth-order valence-corrected chi connectivity index (χ4v) is 8.28. The third kappa shape index (κ3) is 5.19. The van der Waals surface area contributed by atoms with E-state index in [1.165, 1.54) is 12.8 Å². The number of aromatic nitrogens is 4. The van der Waals surface area contributed by atoms with Crippen LogP contribution in [0.1, 0.15) is 52.0 Å². The molecule has 1 aliphatic heterocycles. The van der Waals surface area contributed by atoms with Crippen LogP contribution < -0.4 is 10.5 Å². The molecule has 0 radical (unpaired) electrons. The molecule has 3 fully saturated rings. The van der Waals surface area contributed by atoms with E-state index in [2.05, 4.69) is 38.4 Å². The van der Waals surface area contributed by atoms with Crippen molar-refractivity contribution in [3.63, 3.8) is 0 Å². The lowest BCUT2D eigenvalue weighted by Gasteiger charge is -2.27. The van der Waals surface area contributed by atoms with Crippen molar-refractivity contribution < 1.29 is 14.3 Å². The van der Waals surface area contributed by atoms with Crippen molar-refractivity contribution in [3.8, 4) is 28.4 Å². The first kappa shape index (κ1) is 30.8. The van der Waals surface area contributed by atoms with Gasteiger partial charge in [0.05, 0.1) is 18.3 Å². The van der Waals surface area contributed by atoms with Crippen molar-refractivity contribution in [2.45, 2.75) is 50.7 Å². The van der Waals surface area contributed by atoms with Crippen LogP contribution in [0.25, 0.3) is 44.6 Å². The number of carbonyl (C=O) groups is 2. The summed E-state index contributed by atoms with van der Waals surface area (Å²) in [5.74, 6) is 2.58. The van der Waals surface area contributed by atoms with E-state index in [0.29, 0.717) is 35.1 Å². The summed E-state index contributed by atoms with van der Waals surface area (Å²) in [7, 11) is 3.67. The minimum atomic E-state index is 0.00146. The number of imidazole rings is 1. The number of pyridine rings is 1. The van der Waals surface area contributed by atoms with Crippen molar-refractivity contribution in [1.82, 2.24) is 24.0 Å². The maximum Gasteiger partial charge on any atom is 0.254 e. The number of amides is 1. The van der Waals surface area contributed by atoms with Gasteiger partial charge in [-0.05, 0) is 90.6 Å². The van der Waals surface area contributed by atoms with Gasteiger partial charge in [0.2, 0.25) is 0 Å². The Balaban J connectivity index is 1.07. The number of piperidine rings is 1. The summed E-state index contributed by atoms with van der Waals surface area (Å²) in [6.07, 6.45) is 8.29. The fraction of sp³-hybridized carbons (Fsp3) is 0.317. The highest BCUT2D eigenvalue weighted by atomic mass is 16.5. The smallest absolute Gasteiger partial charge is 0.254 e. The first-order chi connectivity index (χ1) is 24.4. The SMILES string of the molecule is COc1cc(C(=O)N2CC3CCC2[C@@H]3N)cc2nc(-c3cc4ccc(-c5ccc(C(=O)Cc6ccncc6)cc5)cc4n3CC3CC3)n(C)c12. The molecule has 6 aromatic rings. The van der Waals surface area contributed by atoms with Gasteiger partial charge in [-0.25, -0.2) is 4.98 Å². The highest BCUT2D eigenvalue weighted by Crippen LogP contribution is 2.41. The zero-order valence-corrected chi connectivity index (χ0v) is 28.4. The largest absolute Gasteiger partial charge is 0.494 e. The number of Topliss-reactive ketones (excluding diaryl/α,β-unsaturated/α-hetero) is 1. The van der Waals surface area contributed by atoms with Crippen LogP contribution >= 0.6 is 0 Å². The minimum Gasteiger partial charge on any atom is -0.494 e. The zero-order valence-electron chi connectivity index (χ0n) is 28.4. The van der Waals surface area contributed by atoms with E-state index in [1.54, 1.807) is 19.5 Å². The van der Waals surface area contributed by atoms with E-state index in [9.17, 15) is 9.59 Å². The number of hydrogen-bond acceptors (Lipinski definition) is 6. The number of likely N-dealkylation sites (tertiary alicyclic amines) is 1. The van der Waals surface area contributed by atoms with Crippen molar-refractivity contribution in [3.05, 3.63) is 102 Å². The highest BCUT2D eigenvalue weighted by molar-refractivity contribution is 6.01. The second kappa shape index (κ2) is 11.9. The highest BCUT2D eigenvalue weighted by Gasteiger charge is 2.47. The molecule has 9 nitrogen and oxygen atoms in total. The Kier molecular flexibility index (Phi) is 7.35. The third-order valence-corrected chi connectivity index (χ3v) is 11.2. The van der Waals surface area contributed by atoms with E-state index in [1.807, 2.05) is 60.5 Å². The van der Waals surface area contributed by atoms with Crippen molar-refractivity contribution in [2.75, 3.05) is 13.7 Å². The van der Waals surface area contributed by atoms with Crippen LogP contribution in [-0.4, -0.2) is 61.4 Å². The number of carbonyl (C=O) groups excluding carboxylic acids is 2. The number of nitrogens with two attached hydrogens (primary N) is 1. The van der Waals surface area contributed by atoms with Gasteiger partial charge in [0.15, 0.2) is 11.6 Å². The molecule has 2 N–H and O–H groups in total. The number of nitrogens with zero attached hydrogens (tertiary/aromatic N) is 5. The Morgan fingerprint density at radius 3 is 2.38 bits per heavy atom.